The van der Waals surface area contributed by atoms with Crippen molar-refractivity contribution in [1.82, 2.24) is 15.5 Å². The van der Waals surface area contributed by atoms with Gasteiger partial charge in [-0.15, -0.1) is 0 Å². The molecule has 0 aromatic heterocycles. The van der Waals surface area contributed by atoms with Gasteiger partial charge in [0.05, 0.1) is 30.5 Å². The number of carbonyl (C=O) groups excluding carboxylic acids is 1. The molecule has 0 saturated carbocycles. The lowest BCUT2D eigenvalue weighted by Gasteiger charge is -2.27. The highest BCUT2D eigenvalue weighted by atomic mass is 19.1. The molecule has 48 heavy (non-hydrogen) atoms. The van der Waals surface area contributed by atoms with E-state index >= 15 is 0 Å². The van der Waals surface area contributed by atoms with Crippen molar-refractivity contribution < 1.29 is 18.7 Å². The number of benzene rings is 1. The van der Waals surface area contributed by atoms with E-state index in [9.17, 15) is 9.18 Å². The molecule has 8 nitrogen and oxygen atoms in total. The summed E-state index contributed by atoms with van der Waals surface area (Å²) in [6.07, 6.45) is 17.9. The standard InChI is InChI=1S/C39H52FN5O3/c1-4-33-27-43-37-13-6-5-12-35(37)29(3)44-38(39(46)48-33)18-21-45(22-23-47-34-24-32(40)25-41-26-34)20-8-7-10-30-15-16-31-11-9-19-42-36(31)17-14-28(30)2/h5-6,12-13,15-16,25-27,34,38,42,44H,4,7-11,14,17-24H2,1-3H3/b16-15-,30-28-,33-27-,35-29+,43-37-/t34?,38-/m0/s1. The lowest BCUT2D eigenvalue weighted by atomic mass is 9.91. The van der Waals surface area contributed by atoms with Crippen molar-refractivity contribution in [3.8, 4) is 0 Å². The minimum atomic E-state index is -0.527. The number of nitrogens with zero attached hydrogens (tertiary/aromatic N) is 3. The SMILES string of the molecule is CC/C1=C/N=c2/cccc/c2=C(/C)N[C@@H](CCN(CCCCC2=C(\C)CCC3=C(/C=C\2)CCCN3)CCOC2C=NC=C(F)C2)C(=O)O1. The van der Waals surface area contributed by atoms with Crippen LogP contribution in [-0.4, -0.2) is 62.0 Å². The summed E-state index contributed by atoms with van der Waals surface area (Å²) in [6.45, 7) is 9.98. The molecule has 0 bridgehead atoms. The average molecular weight is 658 g/mol. The molecule has 1 unspecified atom stereocenters. The normalized spacial score (nSPS) is 26.7. The minimum Gasteiger partial charge on any atom is -0.428 e. The number of para-hydroxylation sites is 1. The van der Waals surface area contributed by atoms with E-state index in [2.05, 4.69) is 44.6 Å². The van der Waals surface area contributed by atoms with Gasteiger partial charge in [-0.2, -0.15) is 0 Å². The molecule has 0 radical (unpaired) electrons. The van der Waals surface area contributed by atoms with Crippen molar-refractivity contribution >= 4 is 17.9 Å². The van der Waals surface area contributed by atoms with E-state index < -0.39 is 6.04 Å². The molecule has 0 amide bonds. The van der Waals surface area contributed by atoms with Crippen molar-refractivity contribution in [1.29, 1.82) is 0 Å². The number of hydrogen-bond donors (Lipinski definition) is 2. The molecule has 1 aromatic carbocycles. The Morgan fingerprint density at radius 2 is 1.94 bits per heavy atom. The minimum absolute atomic E-state index is 0.216. The zero-order valence-electron chi connectivity index (χ0n) is 28.9. The predicted molar refractivity (Wildman–Crippen MR) is 190 cm³/mol. The van der Waals surface area contributed by atoms with Gasteiger partial charge >= 0.3 is 5.97 Å². The largest absolute Gasteiger partial charge is 0.428 e. The Labute approximate surface area is 285 Å². The molecule has 0 fully saturated rings. The second kappa shape index (κ2) is 18.1. The molecule has 3 aliphatic heterocycles. The number of cyclic esters (lactones) is 1. The molecule has 5 rings (SSSR count). The van der Waals surface area contributed by atoms with E-state index in [1.54, 1.807) is 12.4 Å². The zero-order valence-corrected chi connectivity index (χ0v) is 28.9. The average Bonchev–Trinajstić information content (AvgIpc) is 3.09. The summed E-state index contributed by atoms with van der Waals surface area (Å²) >= 11 is 0. The van der Waals surface area contributed by atoms with Crippen molar-refractivity contribution in [3.05, 3.63) is 93.4 Å². The molecule has 0 spiro atoms. The summed E-state index contributed by atoms with van der Waals surface area (Å²) in [5, 5.41) is 8.87. The van der Waals surface area contributed by atoms with Crippen LogP contribution >= 0.6 is 0 Å². The Bertz CT molecular complexity index is 1600. The van der Waals surface area contributed by atoms with Gasteiger partial charge in [0.25, 0.3) is 0 Å². The maximum Gasteiger partial charge on any atom is 0.333 e. The van der Waals surface area contributed by atoms with Gasteiger partial charge in [-0.1, -0.05) is 42.8 Å². The van der Waals surface area contributed by atoms with Crippen LogP contribution in [0.2, 0.25) is 0 Å². The first-order valence-corrected chi connectivity index (χ1v) is 17.7. The molecule has 2 atom stereocenters. The van der Waals surface area contributed by atoms with E-state index in [0.29, 0.717) is 38.3 Å². The highest BCUT2D eigenvalue weighted by Crippen LogP contribution is 2.28. The molecule has 2 N–H and O–H groups in total. The fourth-order valence-electron chi connectivity index (χ4n) is 6.60. The van der Waals surface area contributed by atoms with Crippen LogP contribution in [0.25, 0.3) is 5.70 Å². The number of esters is 1. The Hall–Kier alpha value is -3.82. The van der Waals surface area contributed by atoms with Crippen LogP contribution < -0.4 is 21.2 Å². The second-order valence-corrected chi connectivity index (χ2v) is 13.1. The van der Waals surface area contributed by atoms with Gasteiger partial charge in [-0.25, -0.2) is 9.18 Å². The summed E-state index contributed by atoms with van der Waals surface area (Å²) in [5.41, 5.74) is 6.71. The van der Waals surface area contributed by atoms with Gasteiger partial charge in [-0.3, -0.25) is 9.98 Å². The van der Waals surface area contributed by atoms with Crippen molar-refractivity contribution in [2.75, 3.05) is 32.8 Å². The van der Waals surface area contributed by atoms with Gasteiger partial charge in [0.2, 0.25) is 0 Å². The molecule has 258 valence electrons. The van der Waals surface area contributed by atoms with Crippen LogP contribution in [0.4, 0.5) is 4.39 Å². The number of aliphatic imine (C=N–C) groups is 1. The number of rotatable bonds is 13. The fourth-order valence-corrected chi connectivity index (χ4v) is 6.60. The Balaban J connectivity index is 1.23. The second-order valence-electron chi connectivity index (χ2n) is 13.1. The van der Waals surface area contributed by atoms with Crippen LogP contribution in [0.15, 0.2) is 92.8 Å². The highest BCUT2D eigenvalue weighted by Gasteiger charge is 2.24. The van der Waals surface area contributed by atoms with Gasteiger partial charge in [-0.05, 0) is 89.0 Å². The number of unbranched alkanes of at least 4 members (excludes halogenated alkanes) is 1. The number of allylic oxidation sites excluding steroid dienone is 7. The molecular weight excluding hydrogens is 605 g/mol. The zero-order chi connectivity index (χ0) is 33.7. The summed E-state index contributed by atoms with van der Waals surface area (Å²) in [7, 11) is 0. The monoisotopic (exact) mass is 657 g/mol. The van der Waals surface area contributed by atoms with Gasteiger partial charge in [0.15, 0.2) is 0 Å². The molecule has 9 heteroatoms. The summed E-state index contributed by atoms with van der Waals surface area (Å²) in [5.74, 6) is -0.0256. The van der Waals surface area contributed by atoms with Crippen molar-refractivity contribution in [3.63, 3.8) is 0 Å². The smallest absolute Gasteiger partial charge is 0.333 e. The predicted octanol–water partition coefficient (Wildman–Crippen LogP) is 6.04. The Morgan fingerprint density at radius 3 is 2.79 bits per heavy atom. The van der Waals surface area contributed by atoms with Gasteiger partial charge in [0.1, 0.15) is 17.6 Å². The topological polar surface area (TPSA) is 87.5 Å². The number of fused-ring (bicyclic) bond motifs is 1. The number of ether oxygens (including phenoxy) is 2. The maximum atomic E-state index is 13.8. The summed E-state index contributed by atoms with van der Waals surface area (Å²) in [6, 6.07) is 7.40. The number of carbonyl (C=O) groups is 1. The fraction of sp³-hybridized carbons (Fsp3) is 0.513. The molecule has 4 aliphatic rings. The first-order valence-electron chi connectivity index (χ1n) is 17.7. The first kappa shape index (κ1) is 35.5. The number of nitrogens with one attached hydrogen (secondary N) is 2. The van der Waals surface area contributed by atoms with Crippen LogP contribution in [-0.2, 0) is 14.3 Å². The lowest BCUT2D eigenvalue weighted by molar-refractivity contribution is -0.142. The van der Waals surface area contributed by atoms with E-state index in [1.807, 2.05) is 38.1 Å². The van der Waals surface area contributed by atoms with Crippen LogP contribution in [0.5, 0.6) is 0 Å². The third kappa shape index (κ3) is 10.3. The molecule has 3 heterocycles. The Morgan fingerprint density at radius 1 is 1.06 bits per heavy atom. The van der Waals surface area contributed by atoms with Gasteiger partial charge in [0, 0.05) is 55.3 Å². The van der Waals surface area contributed by atoms with Gasteiger partial charge < -0.3 is 25.0 Å². The molecular formula is C39H52FN5O3. The molecule has 0 saturated heterocycles. The first-order chi connectivity index (χ1) is 23.4. The number of hydrogen-bond acceptors (Lipinski definition) is 8. The quantitative estimate of drug-likeness (QED) is 0.199. The highest BCUT2D eigenvalue weighted by molar-refractivity contribution is 5.78. The van der Waals surface area contributed by atoms with E-state index in [4.69, 9.17) is 9.47 Å². The summed E-state index contributed by atoms with van der Waals surface area (Å²) in [4.78, 5) is 24.4. The molecule has 1 aliphatic carbocycles. The van der Waals surface area contributed by atoms with E-state index in [0.717, 1.165) is 67.9 Å². The summed E-state index contributed by atoms with van der Waals surface area (Å²) < 4.78 is 25.6. The Kier molecular flexibility index (Phi) is 13.4. The van der Waals surface area contributed by atoms with E-state index in [1.165, 1.54) is 35.0 Å². The maximum absolute atomic E-state index is 13.8. The third-order valence-electron chi connectivity index (χ3n) is 9.55. The molecule has 1 aromatic rings. The van der Waals surface area contributed by atoms with Crippen LogP contribution in [0.1, 0.15) is 85.0 Å². The lowest BCUT2D eigenvalue weighted by Crippen LogP contribution is -2.43. The van der Waals surface area contributed by atoms with Crippen LogP contribution in [0.3, 0.4) is 0 Å². The number of halogens is 1. The van der Waals surface area contributed by atoms with Crippen molar-refractivity contribution in [2.45, 2.75) is 97.1 Å². The van der Waals surface area contributed by atoms with Crippen molar-refractivity contribution in [2.24, 2.45) is 9.98 Å². The van der Waals surface area contributed by atoms with Crippen LogP contribution in [0, 0.1) is 0 Å². The van der Waals surface area contributed by atoms with E-state index in [-0.39, 0.29) is 24.3 Å². The third-order valence-corrected chi connectivity index (χ3v) is 9.55.